The molecule has 1 aromatic carbocycles. The number of carboxylic acid groups (broad SMARTS) is 1. The molecule has 1 saturated carbocycles. The van der Waals surface area contributed by atoms with Crippen LogP contribution in [0.15, 0.2) is 24.4 Å². The van der Waals surface area contributed by atoms with Gasteiger partial charge in [0.1, 0.15) is 11.9 Å². The van der Waals surface area contributed by atoms with E-state index >= 15 is 4.39 Å². The number of carbonyl (C=O) groups is 1. The molecule has 1 N–H and O–H groups in total. The number of ether oxygens (including phenoxy) is 1. The van der Waals surface area contributed by atoms with E-state index in [2.05, 4.69) is 9.88 Å². The van der Waals surface area contributed by atoms with Gasteiger partial charge in [0.15, 0.2) is 0 Å². The molecule has 1 aliphatic heterocycles. The van der Waals surface area contributed by atoms with Gasteiger partial charge in [-0.1, -0.05) is 11.6 Å². The van der Waals surface area contributed by atoms with E-state index in [1.54, 1.807) is 25.3 Å². The second kappa shape index (κ2) is 10.6. The number of methoxy groups -OCH3 is 1. The van der Waals surface area contributed by atoms with E-state index in [0.29, 0.717) is 35.2 Å². The fraction of sp³-hybridized carbons (Fsp3) is 0.583. The average molecular weight is 481 g/mol. The highest BCUT2D eigenvalue weighted by molar-refractivity contribution is 8.00. The number of halogens is 2. The summed E-state index contributed by atoms with van der Waals surface area (Å²) in [5.41, 5.74) is 1.07. The summed E-state index contributed by atoms with van der Waals surface area (Å²) in [6, 6.07) is 5.33. The van der Waals surface area contributed by atoms with E-state index < -0.39 is 18.1 Å². The summed E-state index contributed by atoms with van der Waals surface area (Å²) in [5, 5.41) is 11.6. The van der Waals surface area contributed by atoms with Crippen LogP contribution in [0.1, 0.15) is 43.8 Å². The van der Waals surface area contributed by atoms with Gasteiger partial charge in [-0.2, -0.15) is 11.8 Å². The lowest BCUT2D eigenvalue weighted by atomic mass is 9.81. The van der Waals surface area contributed by atoms with Crippen LogP contribution in [-0.2, 0) is 4.79 Å². The van der Waals surface area contributed by atoms with E-state index in [-0.39, 0.29) is 17.4 Å². The predicted molar refractivity (Wildman–Crippen MR) is 128 cm³/mol. The number of thioether (sulfide) groups is 1. The number of pyridine rings is 1. The highest BCUT2D eigenvalue weighted by atomic mass is 35.5. The van der Waals surface area contributed by atoms with E-state index in [1.165, 1.54) is 19.0 Å². The van der Waals surface area contributed by atoms with Crippen LogP contribution in [0.5, 0.6) is 5.75 Å². The van der Waals surface area contributed by atoms with Gasteiger partial charge in [-0.05, 0) is 62.8 Å². The number of fused-ring (bicyclic) bond motifs is 1. The second-order valence-corrected chi connectivity index (χ2v) is 10.6. The minimum absolute atomic E-state index is 0.0282. The fourth-order valence-corrected chi connectivity index (χ4v) is 6.03. The van der Waals surface area contributed by atoms with Crippen LogP contribution < -0.4 is 4.74 Å². The summed E-state index contributed by atoms with van der Waals surface area (Å²) >= 11 is 8.34. The van der Waals surface area contributed by atoms with E-state index in [4.69, 9.17) is 16.3 Å². The predicted octanol–water partition coefficient (Wildman–Crippen LogP) is 5.61. The summed E-state index contributed by atoms with van der Waals surface area (Å²) < 4.78 is 20.7. The molecule has 1 aromatic heterocycles. The molecule has 2 fully saturated rings. The normalized spacial score (nSPS) is 22.7. The number of hydrogen-bond donors (Lipinski definition) is 1. The Morgan fingerprint density at radius 1 is 1.41 bits per heavy atom. The lowest BCUT2D eigenvalue weighted by Crippen LogP contribution is -2.44. The van der Waals surface area contributed by atoms with Gasteiger partial charge in [0, 0.05) is 41.2 Å². The first-order valence-electron chi connectivity index (χ1n) is 11.3. The molecule has 0 spiro atoms. The first kappa shape index (κ1) is 23.6. The van der Waals surface area contributed by atoms with Crippen molar-refractivity contribution in [3.05, 3.63) is 35.0 Å². The van der Waals surface area contributed by atoms with Crippen LogP contribution in [0.25, 0.3) is 10.9 Å². The Morgan fingerprint density at radius 3 is 2.94 bits per heavy atom. The van der Waals surface area contributed by atoms with Gasteiger partial charge in [0.25, 0.3) is 0 Å². The number of nitrogens with zero attached hydrogens (tertiary/aromatic N) is 2. The molecule has 0 radical (unpaired) electrons. The molecule has 3 atom stereocenters. The van der Waals surface area contributed by atoms with Crippen LogP contribution in [0.4, 0.5) is 4.39 Å². The number of likely N-dealkylation sites (tertiary alicyclic amines) is 1. The minimum atomic E-state index is -1.29. The monoisotopic (exact) mass is 480 g/mol. The first-order valence-corrected chi connectivity index (χ1v) is 12.7. The van der Waals surface area contributed by atoms with Crippen molar-refractivity contribution in [3.8, 4) is 5.75 Å². The SMILES string of the molecule is COc1ccc2ncc(Cl)c([C@@H](F)CC[C@H]3CCN(CCSC4CC4)C[C@H]3C(=O)O)c2c1. The molecule has 0 unspecified atom stereocenters. The van der Waals surface area contributed by atoms with Gasteiger partial charge in [-0.15, -0.1) is 0 Å². The zero-order valence-corrected chi connectivity index (χ0v) is 19.9. The van der Waals surface area contributed by atoms with E-state index in [9.17, 15) is 9.90 Å². The lowest BCUT2D eigenvalue weighted by molar-refractivity contribution is -0.146. The Labute approximate surface area is 197 Å². The first-order chi connectivity index (χ1) is 15.5. The zero-order valence-electron chi connectivity index (χ0n) is 18.3. The summed E-state index contributed by atoms with van der Waals surface area (Å²) in [4.78, 5) is 18.5. The molecule has 174 valence electrons. The van der Waals surface area contributed by atoms with Crippen molar-refractivity contribution >= 4 is 40.2 Å². The second-order valence-electron chi connectivity index (χ2n) is 8.81. The average Bonchev–Trinajstić information content (AvgIpc) is 3.61. The quantitative estimate of drug-likeness (QED) is 0.477. The van der Waals surface area contributed by atoms with Crippen molar-refractivity contribution in [3.63, 3.8) is 0 Å². The minimum Gasteiger partial charge on any atom is -0.497 e. The van der Waals surface area contributed by atoms with Crippen LogP contribution in [0, 0.1) is 11.8 Å². The van der Waals surface area contributed by atoms with E-state index in [0.717, 1.165) is 30.5 Å². The highest BCUT2D eigenvalue weighted by Crippen LogP contribution is 2.39. The van der Waals surface area contributed by atoms with Gasteiger partial charge in [-0.3, -0.25) is 9.78 Å². The largest absolute Gasteiger partial charge is 0.497 e. The molecule has 2 aliphatic rings. The number of aromatic nitrogens is 1. The Kier molecular flexibility index (Phi) is 7.79. The molecule has 4 rings (SSSR count). The topological polar surface area (TPSA) is 62.7 Å². The Morgan fingerprint density at radius 2 is 2.22 bits per heavy atom. The molecule has 0 amide bonds. The standard InChI is InChI=1S/C24H30ClFN2O3S/c1-31-16-3-7-22-18(12-16)23(20(25)13-27-22)21(26)6-2-15-8-9-28(14-19(15)24(29)30)10-11-32-17-4-5-17/h3,7,12-13,15,17,19,21H,2,4-6,8-11,14H2,1H3,(H,29,30)/t15-,19+,21-/m0/s1. The number of alkyl halides is 1. The Bertz CT molecular complexity index is 958. The summed E-state index contributed by atoms with van der Waals surface area (Å²) in [5.74, 6) is 0.423. The molecule has 1 saturated heterocycles. The number of benzene rings is 1. The van der Waals surface area contributed by atoms with Crippen LogP contribution >= 0.6 is 23.4 Å². The van der Waals surface area contributed by atoms with Gasteiger partial charge in [0.2, 0.25) is 0 Å². The van der Waals surface area contributed by atoms with Crippen molar-refractivity contribution in [1.82, 2.24) is 9.88 Å². The molecule has 5 nitrogen and oxygen atoms in total. The number of carboxylic acids is 1. The third-order valence-corrected chi connectivity index (χ3v) is 8.28. The molecule has 2 aromatic rings. The summed E-state index contributed by atoms with van der Waals surface area (Å²) in [7, 11) is 1.56. The van der Waals surface area contributed by atoms with Gasteiger partial charge in [0.05, 0.1) is 23.6 Å². The molecular formula is C24H30ClFN2O3S. The molecule has 0 bridgehead atoms. The van der Waals surface area contributed by atoms with Crippen molar-refractivity contribution in [2.24, 2.45) is 11.8 Å². The van der Waals surface area contributed by atoms with Gasteiger partial charge >= 0.3 is 5.97 Å². The van der Waals surface area contributed by atoms with Crippen molar-refractivity contribution in [1.29, 1.82) is 0 Å². The number of rotatable bonds is 10. The molecule has 8 heteroatoms. The maximum absolute atomic E-state index is 15.5. The number of hydrogen-bond acceptors (Lipinski definition) is 5. The van der Waals surface area contributed by atoms with Gasteiger partial charge < -0.3 is 14.7 Å². The lowest BCUT2D eigenvalue weighted by Gasteiger charge is -2.36. The van der Waals surface area contributed by atoms with E-state index in [1.807, 2.05) is 11.8 Å². The van der Waals surface area contributed by atoms with Gasteiger partial charge in [-0.25, -0.2) is 4.39 Å². The van der Waals surface area contributed by atoms with Crippen molar-refractivity contribution in [2.75, 3.05) is 32.5 Å². The maximum Gasteiger partial charge on any atom is 0.308 e. The summed E-state index contributed by atoms with van der Waals surface area (Å²) in [6.07, 6.45) is 4.38. The van der Waals surface area contributed by atoms with Crippen molar-refractivity contribution < 1.29 is 19.0 Å². The number of piperidine rings is 1. The molecule has 1 aliphatic carbocycles. The number of aliphatic carboxylic acids is 1. The van der Waals surface area contributed by atoms with Crippen LogP contribution in [0.3, 0.4) is 0 Å². The third-order valence-electron chi connectivity index (χ3n) is 6.62. The van der Waals surface area contributed by atoms with Crippen LogP contribution in [0.2, 0.25) is 5.02 Å². The summed E-state index contributed by atoms with van der Waals surface area (Å²) in [6.45, 7) is 2.37. The Balaban J connectivity index is 1.40. The third kappa shape index (κ3) is 5.67. The highest BCUT2D eigenvalue weighted by Gasteiger charge is 2.35. The Hall–Kier alpha value is -1.57. The molecular weight excluding hydrogens is 451 g/mol. The fourth-order valence-electron chi connectivity index (χ4n) is 4.60. The maximum atomic E-state index is 15.5. The molecule has 32 heavy (non-hydrogen) atoms. The van der Waals surface area contributed by atoms with Crippen molar-refractivity contribution in [2.45, 2.75) is 43.5 Å². The van der Waals surface area contributed by atoms with Crippen LogP contribution in [-0.4, -0.2) is 58.7 Å². The zero-order chi connectivity index (χ0) is 22.7. The smallest absolute Gasteiger partial charge is 0.308 e. The molecule has 2 heterocycles.